The van der Waals surface area contributed by atoms with Gasteiger partial charge in [0, 0.05) is 12.6 Å². The van der Waals surface area contributed by atoms with Gasteiger partial charge < -0.3 is 5.32 Å². The van der Waals surface area contributed by atoms with Crippen LogP contribution < -0.4 is 10.6 Å². The molecule has 2 N–H and O–H groups in total. The van der Waals surface area contributed by atoms with Crippen molar-refractivity contribution in [2.45, 2.75) is 18.9 Å². The molecule has 0 saturated carbocycles. The van der Waals surface area contributed by atoms with E-state index in [1.54, 1.807) is 0 Å². The van der Waals surface area contributed by atoms with Crippen molar-refractivity contribution < 1.29 is 9.59 Å². The lowest BCUT2D eigenvalue weighted by Gasteiger charge is -2.21. The molecule has 2 amide bonds. The van der Waals surface area contributed by atoms with E-state index >= 15 is 0 Å². The van der Waals surface area contributed by atoms with Gasteiger partial charge in [-0.15, -0.1) is 0 Å². The molecule has 7 nitrogen and oxygen atoms in total. The molecule has 1 unspecified atom stereocenters. The van der Waals surface area contributed by atoms with Crippen molar-refractivity contribution in [3.63, 3.8) is 0 Å². The summed E-state index contributed by atoms with van der Waals surface area (Å²) in [6, 6.07) is 2.80. The number of hydrogen-bond acceptors (Lipinski definition) is 6. The van der Waals surface area contributed by atoms with Crippen molar-refractivity contribution in [2.75, 3.05) is 5.32 Å². The molecule has 1 aromatic rings. The first-order valence-corrected chi connectivity index (χ1v) is 5.02. The minimum absolute atomic E-state index is 0.207. The minimum atomic E-state index is -0.540. The molecule has 2 heterocycles. The standard InChI is InChI=1S/C10H9N5O2/c11-5-6-3-4-12-10(13-6)14-7-1-2-8(16)15-9(7)17/h3-4,7H,1-2H2,(H,12,13,14)(H,15,16,17). The molecule has 1 aliphatic heterocycles. The number of rotatable bonds is 2. The molecule has 0 bridgehead atoms. The van der Waals surface area contributed by atoms with E-state index in [1.165, 1.54) is 12.3 Å². The number of nitrogens with zero attached hydrogens (tertiary/aromatic N) is 3. The lowest BCUT2D eigenvalue weighted by atomic mass is 10.1. The van der Waals surface area contributed by atoms with Crippen LogP contribution in [0.1, 0.15) is 18.5 Å². The van der Waals surface area contributed by atoms with Gasteiger partial charge in [-0.1, -0.05) is 0 Å². The third-order valence-corrected chi connectivity index (χ3v) is 2.31. The van der Waals surface area contributed by atoms with E-state index in [-0.39, 0.29) is 24.0 Å². The Morgan fingerprint density at radius 1 is 1.53 bits per heavy atom. The zero-order valence-electron chi connectivity index (χ0n) is 8.80. The molecule has 17 heavy (non-hydrogen) atoms. The molecule has 1 aliphatic rings. The number of hydrogen-bond donors (Lipinski definition) is 2. The Balaban J connectivity index is 2.08. The molecule has 1 fully saturated rings. The number of carbonyl (C=O) groups is 2. The summed E-state index contributed by atoms with van der Waals surface area (Å²) < 4.78 is 0. The van der Waals surface area contributed by atoms with Crippen molar-refractivity contribution in [1.82, 2.24) is 15.3 Å². The number of carbonyl (C=O) groups excluding carboxylic acids is 2. The van der Waals surface area contributed by atoms with Crippen LogP contribution in [0.25, 0.3) is 0 Å². The second-order valence-electron chi connectivity index (χ2n) is 3.53. The van der Waals surface area contributed by atoms with Crippen molar-refractivity contribution >= 4 is 17.8 Å². The quantitative estimate of drug-likeness (QED) is 0.668. The van der Waals surface area contributed by atoms with Gasteiger partial charge in [-0.2, -0.15) is 5.26 Å². The zero-order valence-corrected chi connectivity index (χ0v) is 8.80. The molecule has 0 radical (unpaired) electrons. The van der Waals surface area contributed by atoms with Crippen LogP contribution in [0.5, 0.6) is 0 Å². The van der Waals surface area contributed by atoms with Gasteiger partial charge in [0.2, 0.25) is 17.8 Å². The van der Waals surface area contributed by atoms with Gasteiger partial charge in [0.15, 0.2) is 0 Å². The van der Waals surface area contributed by atoms with Crippen molar-refractivity contribution in [2.24, 2.45) is 0 Å². The normalized spacial score (nSPS) is 19.4. The van der Waals surface area contributed by atoms with Crippen LogP contribution in [0.2, 0.25) is 0 Å². The summed E-state index contributed by atoms with van der Waals surface area (Å²) in [5, 5.41) is 13.7. The van der Waals surface area contributed by atoms with E-state index in [4.69, 9.17) is 5.26 Å². The second-order valence-corrected chi connectivity index (χ2v) is 3.53. The van der Waals surface area contributed by atoms with Gasteiger partial charge in [0.25, 0.3) is 0 Å². The third-order valence-electron chi connectivity index (χ3n) is 2.31. The SMILES string of the molecule is N#Cc1ccnc(NC2CCC(=O)NC2=O)n1. The van der Waals surface area contributed by atoms with E-state index in [0.717, 1.165) is 0 Å². The Morgan fingerprint density at radius 3 is 3.06 bits per heavy atom. The van der Waals surface area contributed by atoms with Crippen LogP contribution >= 0.6 is 0 Å². The first-order chi connectivity index (χ1) is 8.19. The van der Waals surface area contributed by atoms with E-state index < -0.39 is 11.9 Å². The van der Waals surface area contributed by atoms with Gasteiger partial charge in [-0.05, 0) is 12.5 Å². The molecule has 0 spiro atoms. The van der Waals surface area contributed by atoms with Crippen molar-refractivity contribution in [3.05, 3.63) is 18.0 Å². The van der Waals surface area contributed by atoms with Gasteiger partial charge in [0.05, 0.1) is 0 Å². The topological polar surface area (TPSA) is 108 Å². The van der Waals surface area contributed by atoms with E-state index in [1.807, 2.05) is 6.07 Å². The van der Waals surface area contributed by atoms with Crippen molar-refractivity contribution in [3.8, 4) is 6.07 Å². The Kier molecular flexibility index (Phi) is 2.96. The highest BCUT2D eigenvalue weighted by Crippen LogP contribution is 2.09. The lowest BCUT2D eigenvalue weighted by molar-refractivity contribution is -0.133. The number of nitriles is 1. The summed E-state index contributed by atoms with van der Waals surface area (Å²) >= 11 is 0. The second kappa shape index (κ2) is 4.57. The first kappa shape index (κ1) is 11.0. The zero-order chi connectivity index (χ0) is 12.3. The molecular formula is C10H9N5O2. The molecule has 0 aromatic carbocycles. The maximum Gasteiger partial charge on any atom is 0.249 e. The predicted molar refractivity (Wildman–Crippen MR) is 56.5 cm³/mol. The Bertz CT molecular complexity index is 508. The average molecular weight is 231 g/mol. The fourth-order valence-corrected chi connectivity index (χ4v) is 1.48. The van der Waals surface area contributed by atoms with Crippen molar-refractivity contribution in [1.29, 1.82) is 5.26 Å². The van der Waals surface area contributed by atoms with Gasteiger partial charge >= 0.3 is 0 Å². The predicted octanol–water partition coefficient (Wildman–Crippen LogP) is -0.435. The highest BCUT2D eigenvalue weighted by Gasteiger charge is 2.26. The fourth-order valence-electron chi connectivity index (χ4n) is 1.48. The smallest absolute Gasteiger partial charge is 0.249 e. The molecule has 0 aliphatic carbocycles. The maximum absolute atomic E-state index is 11.4. The molecule has 1 aromatic heterocycles. The van der Waals surface area contributed by atoms with Crippen LogP contribution in [0.3, 0.4) is 0 Å². The maximum atomic E-state index is 11.4. The largest absolute Gasteiger partial charge is 0.342 e. The molecule has 1 saturated heterocycles. The Labute approximate surface area is 96.9 Å². The molecule has 1 atom stereocenters. The summed E-state index contributed by atoms with van der Waals surface area (Å²) in [5.74, 6) is -0.467. The summed E-state index contributed by atoms with van der Waals surface area (Å²) in [6.07, 6.45) is 2.10. The number of aromatic nitrogens is 2. The highest BCUT2D eigenvalue weighted by atomic mass is 16.2. The van der Waals surface area contributed by atoms with Gasteiger partial charge in [-0.3, -0.25) is 14.9 Å². The number of nitrogens with one attached hydrogen (secondary N) is 2. The monoisotopic (exact) mass is 231 g/mol. The minimum Gasteiger partial charge on any atom is -0.342 e. The van der Waals surface area contributed by atoms with E-state index in [0.29, 0.717) is 6.42 Å². The van der Waals surface area contributed by atoms with Gasteiger partial charge in [-0.25, -0.2) is 9.97 Å². The third kappa shape index (κ3) is 2.55. The van der Waals surface area contributed by atoms with Crippen LogP contribution in [0.4, 0.5) is 5.95 Å². The molecule has 7 heteroatoms. The number of imide groups is 1. The fraction of sp³-hybridized carbons (Fsp3) is 0.300. The van der Waals surface area contributed by atoms with Crippen LogP contribution in [0.15, 0.2) is 12.3 Å². The average Bonchev–Trinajstić information content (AvgIpc) is 2.33. The molecule has 86 valence electrons. The number of piperidine rings is 1. The Hall–Kier alpha value is -2.49. The lowest BCUT2D eigenvalue weighted by Crippen LogP contribution is -2.47. The summed E-state index contributed by atoms with van der Waals surface area (Å²) in [4.78, 5) is 30.2. The van der Waals surface area contributed by atoms with Crippen LogP contribution in [-0.4, -0.2) is 27.8 Å². The number of amides is 2. The summed E-state index contributed by atoms with van der Waals surface area (Å²) in [7, 11) is 0. The van der Waals surface area contributed by atoms with Crippen LogP contribution in [-0.2, 0) is 9.59 Å². The summed E-state index contributed by atoms with van der Waals surface area (Å²) in [5.41, 5.74) is 0.217. The highest BCUT2D eigenvalue weighted by molar-refractivity contribution is 6.01. The van der Waals surface area contributed by atoms with Gasteiger partial charge in [0.1, 0.15) is 17.8 Å². The summed E-state index contributed by atoms with van der Waals surface area (Å²) in [6.45, 7) is 0. The van der Waals surface area contributed by atoms with E-state index in [9.17, 15) is 9.59 Å². The number of anilines is 1. The Morgan fingerprint density at radius 2 is 2.35 bits per heavy atom. The molecule has 2 rings (SSSR count). The molecular weight excluding hydrogens is 222 g/mol. The van der Waals surface area contributed by atoms with Crippen LogP contribution in [0, 0.1) is 11.3 Å². The first-order valence-electron chi connectivity index (χ1n) is 5.02. The van der Waals surface area contributed by atoms with E-state index in [2.05, 4.69) is 20.6 Å².